The first-order valence-corrected chi connectivity index (χ1v) is 9.16. The van der Waals surface area contributed by atoms with Crippen molar-refractivity contribution in [2.24, 2.45) is 0 Å². The number of fused-ring (bicyclic) bond motifs is 3. The summed E-state index contributed by atoms with van der Waals surface area (Å²) < 4.78 is 2.45. The summed E-state index contributed by atoms with van der Waals surface area (Å²) >= 11 is 1.77. The van der Waals surface area contributed by atoms with E-state index >= 15 is 0 Å². The van der Waals surface area contributed by atoms with Crippen molar-refractivity contribution >= 4 is 37.2 Å². The van der Waals surface area contributed by atoms with Crippen LogP contribution >= 0.6 is 11.3 Å². The Kier molecular flexibility index (Phi) is 4.12. The highest BCUT2D eigenvalue weighted by Crippen LogP contribution is 2.36. The number of hydrogen-bond donors (Lipinski definition) is 1. The Hall–Kier alpha value is -3.22. The van der Waals surface area contributed by atoms with Gasteiger partial charge in [0.15, 0.2) is 0 Å². The highest BCUT2D eigenvalue weighted by molar-refractivity contribution is 7.25. The van der Waals surface area contributed by atoms with Gasteiger partial charge < -0.3 is 5.41 Å². The molecule has 3 aromatic carbocycles. The molecule has 0 fully saturated rings. The molecular weight excluding hydrogens is 336 g/mol. The summed E-state index contributed by atoms with van der Waals surface area (Å²) in [6.07, 6.45) is 1.62. The van der Waals surface area contributed by atoms with E-state index in [2.05, 4.69) is 60.7 Å². The highest BCUT2D eigenvalue weighted by Gasteiger charge is 2.09. The van der Waals surface area contributed by atoms with Gasteiger partial charge in [-0.1, -0.05) is 42.5 Å². The molecule has 1 heterocycles. The van der Waals surface area contributed by atoms with Gasteiger partial charge >= 0.3 is 0 Å². The van der Waals surface area contributed by atoms with E-state index in [1.807, 2.05) is 12.1 Å². The SMILES string of the molecule is C/C(C#N)=C\C(=N)c1ccc2sc3ccc(-c4ccccc4)cc3c2c1. The molecule has 0 aliphatic carbocycles. The van der Waals surface area contributed by atoms with Gasteiger partial charge in [0.2, 0.25) is 0 Å². The highest BCUT2D eigenvalue weighted by atomic mass is 32.1. The zero-order chi connectivity index (χ0) is 18.1. The van der Waals surface area contributed by atoms with E-state index in [1.54, 1.807) is 24.3 Å². The Bertz CT molecular complexity index is 1210. The predicted octanol–water partition coefficient (Wildman–Crippen LogP) is 6.56. The summed E-state index contributed by atoms with van der Waals surface area (Å²) in [4.78, 5) is 0. The molecule has 26 heavy (non-hydrogen) atoms. The molecule has 0 unspecified atom stereocenters. The van der Waals surface area contributed by atoms with E-state index in [0.717, 1.165) is 10.9 Å². The topological polar surface area (TPSA) is 47.6 Å². The first kappa shape index (κ1) is 16.3. The minimum absolute atomic E-state index is 0.365. The van der Waals surface area contributed by atoms with Crippen molar-refractivity contribution in [3.8, 4) is 17.2 Å². The Balaban J connectivity index is 1.87. The third-order valence-corrected chi connectivity index (χ3v) is 5.58. The molecule has 3 heteroatoms. The molecule has 1 N–H and O–H groups in total. The van der Waals surface area contributed by atoms with E-state index in [1.165, 1.54) is 25.9 Å². The smallest absolute Gasteiger partial charge is 0.0944 e. The van der Waals surface area contributed by atoms with Gasteiger partial charge in [-0.3, -0.25) is 0 Å². The number of hydrogen-bond acceptors (Lipinski definition) is 3. The van der Waals surface area contributed by atoms with Crippen molar-refractivity contribution in [2.75, 3.05) is 0 Å². The summed E-state index contributed by atoms with van der Waals surface area (Å²) in [5, 5.41) is 19.6. The van der Waals surface area contributed by atoms with Crippen molar-refractivity contribution in [2.45, 2.75) is 6.92 Å². The van der Waals surface area contributed by atoms with Gasteiger partial charge in [-0.15, -0.1) is 11.3 Å². The molecule has 0 bridgehead atoms. The van der Waals surface area contributed by atoms with E-state index < -0.39 is 0 Å². The number of nitrogens with one attached hydrogen (secondary N) is 1. The largest absolute Gasteiger partial charge is 0.300 e. The standard InChI is InChI=1S/C23H16N2S/c1-15(14-24)11-21(25)18-8-10-23-20(13-18)19-12-17(7-9-22(19)26-23)16-5-3-2-4-6-16/h2-13,25H,1H3/b15-11+,25-21?. The van der Waals surface area contributed by atoms with Gasteiger partial charge in [-0.2, -0.15) is 5.26 Å². The monoisotopic (exact) mass is 352 g/mol. The first-order chi connectivity index (χ1) is 12.7. The Labute approximate surface area is 156 Å². The van der Waals surface area contributed by atoms with Gasteiger partial charge in [0.25, 0.3) is 0 Å². The molecule has 0 saturated carbocycles. The number of rotatable bonds is 3. The quantitative estimate of drug-likeness (QED) is 0.329. The van der Waals surface area contributed by atoms with Crippen molar-refractivity contribution in [1.29, 1.82) is 10.7 Å². The average Bonchev–Trinajstić information content (AvgIpc) is 3.05. The molecule has 2 nitrogen and oxygen atoms in total. The van der Waals surface area contributed by atoms with Crippen molar-refractivity contribution in [1.82, 2.24) is 0 Å². The third kappa shape index (κ3) is 2.92. The molecule has 0 atom stereocenters. The molecule has 0 spiro atoms. The van der Waals surface area contributed by atoms with Crippen LogP contribution in [-0.4, -0.2) is 5.71 Å². The predicted molar refractivity (Wildman–Crippen MR) is 111 cm³/mol. The zero-order valence-electron chi connectivity index (χ0n) is 14.3. The normalized spacial score (nSPS) is 11.6. The molecule has 0 aliphatic rings. The van der Waals surface area contributed by atoms with Crippen LogP contribution in [0.15, 0.2) is 78.4 Å². The minimum Gasteiger partial charge on any atom is -0.300 e. The van der Waals surface area contributed by atoms with Crippen LogP contribution in [0, 0.1) is 16.7 Å². The number of nitrogens with zero attached hydrogens (tertiary/aromatic N) is 1. The summed E-state index contributed by atoms with van der Waals surface area (Å²) in [5.74, 6) is 0. The molecule has 0 saturated heterocycles. The maximum atomic E-state index is 8.94. The first-order valence-electron chi connectivity index (χ1n) is 8.35. The Morgan fingerprint density at radius 2 is 1.62 bits per heavy atom. The van der Waals surface area contributed by atoms with E-state index in [0.29, 0.717) is 11.3 Å². The lowest BCUT2D eigenvalue weighted by atomic mass is 10.0. The fraction of sp³-hybridized carbons (Fsp3) is 0.0435. The second-order valence-electron chi connectivity index (χ2n) is 6.24. The van der Waals surface area contributed by atoms with Crippen LogP contribution in [0.1, 0.15) is 12.5 Å². The lowest BCUT2D eigenvalue weighted by Crippen LogP contribution is -1.94. The summed E-state index contributed by atoms with van der Waals surface area (Å²) in [6.45, 7) is 1.72. The number of thiophene rings is 1. The fourth-order valence-corrected chi connectivity index (χ4v) is 4.15. The van der Waals surface area contributed by atoms with Crippen LogP contribution in [0.2, 0.25) is 0 Å². The molecular formula is C23H16N2S. The fourth-order valence-electron chi connectivity index (χ4n) is 3.09. The maximum absolute atomic E-state index is 8.94. The van der Waals surface area contributed by atoms with Gasteiger partial charge in [0, 0.05) is 31.3 Å². The minimum atomic E-state index is 0.365. The van der Waals surface area contributed by atoms with Crippen LogP contribution in [0.5, 0.6) is 0 Å². The van der Waals surface area contributed by atoms with Crippen LogP contribution in [0.4, 0.5) is 0 Å². The van der Waals surface area contributed by atoms with Gasteiger partial charge in [-0.25, -0.2) is 0 Å². The van der Waals surface area contributed by atoms with Gasteiger partial charge in [0.05, 0.1) is 11.8 Å². The maximum Gasteiger partial charge on any atom is 0.0944 e. The second-order valence-corrected chi connectivity index (χ2v) is 7.33. The van der Waals surface area contributed by atoms with Crippen LogP contribution in [-0.2, 0) is 0 Å². The number of allylic oxidation sites excluding steroid dienone is 2. The van der Waals surface area contributed by atoms with E-state index in [9.17, 15) is 0 Å². The lowest BCUT2D eigenvalue weighted by molar-refractivity contribution is 1.43. The molecule has 4 aromatic rings. The van der Waals surface area contributed by atoms with Crippen LogP contribution in [0.25, 0.3) is 31.3 Å². The molecule has 0 radical (unpaired) electrons. The van der Waals surface area contributed by atoms with E-state index in [-0.39, 0.29) is 0 Å². The summed E-state index contributed by atoms with van der Waals surface area (Å²) in [5.41, 5.74) is 4.13. The van der Waals surface area contributed by atoms with Gasteiger partial charge in [0.1, 0.15) is 0 Å². The van der Waals surface area contributed by atoms with Crippen LogP contribution < -0.4 is 0 Å². The zero-order valence-corrected chi connectivity index (χ0v) is 15.1. The van der Waals surface area contributed by atoms with Crippen LogP contribution in [0.3, 0.4) is 0 Å². The molecule has 4 rings (SSSR count). The summed E-state index contributed by atoms with van der Waals surface area (Å²) in [7, 11) is 0. The number of benzene rings is 3. The van der Waals surface area contributed by atoms with Crippen molar-refractivity contribution in [3.63, 3.8) is 0 Å². The molecule has 0 aliphatic heterocycles. The molecule has 124 valence electrons. The average molecular weight is 352 g/mol. The van der Waals surface area contributed by atoms with Gasteiger partial charge in [-0.05, 0) is 48.4 Å². The lowest BCUT2D eigenvalue weighted by Gasteiger charge is -2.03. The van der Waals surface area contributed by atoms with Crippen molar-refractivity contribution < 1.29 is 0 Å². The number of nitriles is 1. The Morgan fingerprint density at radius 1 is 0.923 bits per heavy atom. The molecule has 1 aromatic heterocycles. The molecule has 0 amide bonds. The third-order valence-electron chi connectivity index (χ3n) is 4.42. The summed E-state index contributed by atoms with van der Waals surface area (Å²) in [6, 6.07) is 25.1. The van der Waals surface area contributed by atoms with E-state index in [4.69, 9.17) is 10.7 Å². The Morgan fingerprint density at radius 3 is 2.35 bits per heavy atom. The second kappa shape index (κ2) is 6.59. The van der Waals surface area contributed by atoms with Crippen molar-refractivity contribution in [3.05, 3.63) is 83.9 Å².